The van der Waals surface area contributed by atoms with Crippen LogP contribution >= 0.6 is 0 Å². The highest BCUT2D eigenvalue weighted by molar-refractivity contribution is 5.77. The normalized spacial score (nSPS) is 16.4. The number of esters is 1. The Labute approximate surface area is 145 Å². The number of carbonyl (C=O) groups excluding carboxylic acids is 1. The standard InChI is InChI=1S/C18H12F2N2O4/c19-18(20)25-11-5-3-4-10(8-11)12-9-14(23)26-16-15(12)17(24)22-7-2-1-6-13(22)21-16/h1-8,12,18H,9H2/t12-/m1/s1. The maximum Gasteiger partial charge on any atom is 0.387 e. The number of carbonyl (C=O) groups is 1. The van der Waals surface area contributed by atoms with Crippen LogP contribution in [0.2, 0.25) is 0 Å². The molecule has 1 atom stereocenters. The number of rotatable bonds is 3. The van der Waals surface area contributed by atoms with Crippen molar-refractivity contribution in [1.29, 1.82) is 0 Å². The first kappa shape index (κ1) is 16.2. The zero-order chi connectivity index (χ0) is 18.3. The van der Waals surface area contributed by atoms with E-state index in [1.165, 1.54) is 22.6 Å². The van der Waals surface area contributed by atoms with Crippen molar-refractivity contribution in [3.8, 4) is 11.6 Å². The largest absolute Gasteiger partial charge is 0.435 e. The quantitative estimate of drug-likeness (QED) is 0.674. The maximum absolute atomic E-state index is 12.9. The van der Waals surface area contributed by atoms with Crippen molar-refractivity contribution in [2.45, 2.75) is 19.0 Å². The highest BCUT2D eigenvalue weighted by atomic mass is 19.3. The van der Waals surface area contributed by atoms with Crippen LogP contribution in [0.15, 0.2) is 53.5 Å². The van der Waals surface area contributed by atoms with Crippen molar-refractivity contribution in [1.82, 2.24) is 9.38 Å². The second-order valence-electron chi connectivity index (χ2n) is 5.75. The number of ether oxygens (including phenoxy) is 2. The Hall–Kier alpha value is -3.29. The molecular weight excluding hydrogens is 346 g/mol. The molecule has 0 spiro atoms. The van der Waals surface area contributed by atoms with Crippen LogP contribution in [0.1, 0.15) is 23.5 Å². The summed E-state index contributed by atoms with van der Waals surface area (Å²) in [5, 5.41) is 0. The Balaban J connectivity index is 1.89. The molecule has 0 aliphatic carbocycles. The molecule has 6 nitrogen and oxygen atoms in total. The summed E-state index contributed by atoms with van der Waals surface area (Å²) < 4.78 is 35.9. The second-order valence-corrected chi connectivity index (χ2v) is 5.75. The molecule has 0 radical (unpaired) electrons. The lowest BCUT2D eigenvalue weighted by Gasteiger charge is -2.24. The Kier molecular flexibility index (Phi) is 3.87. The third-order valence-corrected chi connectivity index (χ3v) is 4.15. The van der Waals surface area contributed by atoms with E-state index in [1.807, 2.05) is 0 Å². The van der Waals surface area contributed by atoms with E-state index in [1.54, 1.807) is 30.5 Å². The molecule has 0 N–H and O–H groups in total. The van der Waals surface area contributed by atoms with Gasteiger partial charge >= 0.3 is 12.6 Å². The summed E-state index contributed by atoms with van der Waals surface area (Å²) in [6, 6.07) is 11.0. The summed E-state index contributed by atoms with van der Waals surface area (Å²) in [5.41, 5.74) is 0.682. The molecule has 2 aromatic heterocycles. The summed E-state index contributed by atoms with van der Waals surface area (Å²) in [6.07, 6.45) is 1.47. The SMILES string of the molecule is O=C1C[C@H](c2cccc(OC(F)F)c2)c2c(nc3ccccn3c2=O)O1. The topological polar surface area (TPSA) is 69.9 Å². The molecule has 4 rings (SSSR count). The molecule has 8 heteroatoms. The van der Waals surface area contributed by atoms with Gasteiger partial charge in [-0.15, -0.1) is 0 Å². The molecule has 0 saturated heterocycles. The smallest absolute Gasteiger partial charge is 0.387 e. The van der Waals surface area contributed by atoms with Crippen LogP contribution in [0.4, 0.5) is 8.78 Å². The van der Waals surface area contributed by atoms with E-state index in [-0.39, 0.29) is 29.2 Å². The summed E-state index contributed by atoms with van der Waals surface area (Å²) in [6.45, 7) is -2.97. The Morgan fingerprint density at radius 1 is 1.19 bits per heavy atom. The van der Waals surface area contributed by atoms with Crippen LogP contribution in [0.25, 0.3) is 5.65 Å². The number of hydrogen-bond acceptors (Lipinski definition) is 5. The van der Waals surface area contributed by atoms with Gasteiger partial charge in [0.15, 0.2) is 0 Å². The van der Waals surface area contributed by atoms with Gasteiger partial charge in [-0.25, -0.2) is 0 Å². The minimum Gasteiger partial charge on any atom is -0.435 e. The van der Waals surface area contributed by atoms with Gasteiger partial charge in [-0.1, -0.05) is 18.2 Å². The van der Waals surface area contributed by atoms with E-state index in [0.717, 1.165) is 0 Å². The Morgan fingerprint density at radius 2 is 2.04 bits per heavy atom. The monoisotopic (exact) mass is 358 g/mol. The molecule has 0 fully saturated rings. The number of alkyl halides is 2. The second kappa shape index (κ2) is 6.21. The fourth-order valence-corrected chi connectivity index (χ4v) is 3.07. The van der Waals surface area contributed by atoms with Crippen LogP contribution in [0.5, 0.6) is 11.6 Å². The lowest BCUT2D eigenvalue weighted by atomic mass is 9.88. The van der Waals surface area contributed by atoms with Crippen molar-refractivity contribution in [3.05, 3.63) is 70.1 Å². The van der Waals surface area contributed by atoms with Gasteiger partial charge in [-0.2, -0.15) is 13.8 Å². The predicted octanol–water partition coefficient (Wildman–Crippen LogP) is 2.74. The van der Waals surface area contributed by atoms with Crippen LogP contribution < -0.4 is 15.0 Å². The number of nitrogens with zero attached hydrogens (tertiary/aromatic N) is 2. The lowest BCUT2D eigenvalue weighted by molar-refractivity contribution is -0.136. The van der Waals surface area contributed by atoms with E-state index in [0.29, 0.717) is 11.2 Å². The molecule has 1 aliphatic heterocycles. The Bertz CT molecular complexity index is 1060. The van der Waals surface area contributed by atoms with Crippen molar-refractivity contribution in [2.24, 2.45) is 0 Å². The zero-order valence-electron chi connectivity index (χ0n) is 13.3. The van der Waals surface area contributed by atoms with Crippen LogP contribution in [-0.2, 0) is 4.79 Å². The first-order valence-electron chi connectivity index (χ1n) is 7.79. The molecular formula is C18H12F2N2O4. The number of fused-ring (bicyclic) bond motifs is 2. The van der Waals surface area contributed by atoms with Gasteiger partial charge in [0.05, 0.1) is 12.0 Å². The van der Waals surface area contributed by atoms with Gasteiger partial charge in [0.1, 0.15) is 11.4 Å². The molecule has 132 valence electrons. The van der Waals surface area contributed by atoms with Gasteiger partial charge in [0, 0.05) is 12.1 Å². The van der Waals surface area contributed by atoms with E-state index in [2.05, 4.69) is 9.72 Å². The average Bonchev–Trinajstić information content (AvgIpc) is 2.60. The summed E-state index contributed by atoms with van der Waals surface area (Å²) in [4.78, 5) is 29.1. The molecule has 0 bridgehead atoms. The molecule has 26 heavy (non-hydrogen) atoms. The van der Waals surface area contributed by atoms with E-state index in [4.69, 9.17) is 4.74 Å². The number of halogens is 2. The van der Waals surface area contributed by atoms with Gasteiger partial charge in [0.25, 0.3) is 5.56 Å². The van der Waals surface area contributed by atoms with Crippen LogP contribution in [-0.4, -0.2) is 22.0 Å². The first-order chi connectivity index (χ1) is 12.5. The molecule has 3 aromatic rings. The van der Waals surface area contributed by atoms with Crippen LogP contribution in [0, 0.1) is 0 Å². The van der Waals surface area contributed by atoms with Crippen molar-refractivity contribution >= 4 is 11.6 Å². The fourth-order valence-electron chi connectivity index (χ4n) is 3.07. The minimum absolute atomic E-state index is 0.0492. The highest BCUT2D eigenvalue weighted by Gasteiger charge is 2.33. The average molecular weight is 358 g/mol. The molecule has 0 unspecified atom stereocenters. The maximum atomic E-state index is 12.9. The molecule has 1 aliphatic rings. The molecule has 1 aromatic carbocycles. The molecule has 3 heterocycles. The van der Waals surface area contributed by atoms with Gasteiger partial charge in [-0.05, 0) is 29.8 Å². The number of aromatic nitrogens is 2. The van der Waals surface area contributed by atoms with Gasteiger partial charge in [0.2, 0.25) is 5.88 Å². The Morgan fingerprint density at radius 3 is 2.85 bits per heavy atom. The van der Waals surface area contributed by atoms with Crippen LogP contribution in [0.3, 0.4) is 0 Å². The lowest BCUT2D eigenvalue weighted by Crippen LogP contribution is -2.31. The minimum atomic E-state index is -2.97. The van der Waals surface area contributed by atoms with Gasteiger partial charge < -0.3 is 9.47 Å². The summed E-state index contributed by atoms with van der Waals surface area (Å²) >= 11 is 0. The predicted molar refractivity (Wildman–Crippen MR) is 86.6 cm³/mol. The van der Waals surface area contributed by atoms with E-state index < -0.39 is 18.5 Å². The van der Waals surface area contributed by atoms with E-state index in [9.17, 15) is 18.4 Å². The summed E-state index contributed by atoms with van der Waals surface area (Å²) in [5.74, 6) is -1.31. The highest BCUT2D eigenvalue weighted by Crippen LogP contribution is 2.36. The van der Waals surface area contributed by atoms with Crippen molar-refractivity contribution < 1.29 is 23.0 Å². The van der Waals surface area contributed by atoms with Crippen molar-refractivity contribution in [2.75, 3.05) is 0 Å². The number of pyridine rings is 1. The van der Waals surface area contributed by atoms with Crippen molar-refractivity contribution in [3.63, 3.8) is 0 Å². The summed E-state index contributed by atoms with van der Waals surface area (Å²) in [7, 11) is 0. The third-order valence-electron chi connectivity index (χ3n) is 4.15. The molecule has 0 saturated carbocycles. The number of hydrogen-bond donors (Lipinski definition) is 0. The zero-order valence-corrected chi connectivity index (χ0v) is 13.3. The first-order valence-corrected chi connectivity index (χ1v) is 7.79. The van der Waals surface area contributed by atoms with Gasteiger partial charge in [-0.3, -0.25) is 14.0 Å². The fraction of sp³-hybridized carbons (Fsp3) is 0.167. The third kappa shape index (κ3) is 2.79. The molecule has 0 amide bonds. The van der Waals surface area contributed by atoms with E-state index >= 15 is 0 Å². The number of benzene rings is 1.